The minimum absolute atomic E-state index is 0.149. The van der Waals surface area contributed by atoms with Gasteiger partial charge in [-0.05, 0) is 29.4 Å². The fourth-order valence-corrected chi connectivity index (χ4v) is 3.02. The first-order valence-electron chi connectivity index (χ1n) is 7.66. The normalized spacial score (nSPS) is 11.7. The van der Waals surface area contributed by atoms with Crippen LogP contribution in [-0.4, -0.2) is 21.0 Å². The average Bonchev–Trinajstić information content (AvgIpc) is 2.99. The quantitative estimate of drug-likeness (QED) is 0.639. The maximum Gasteiger partial charge on any atom is 0.195 e. The van der Waals surface area contributed by atoms with Gasteiger partial charge in [0.2, 0.25) is 0 Å². The molecule has 0 fully saturated rings. The first-order chi connectivity index (χ1) is 11.0. The predicted octanol–water partition coefficient (Wildman–Crippen LogP) is 4.95. The van der Waals surface area contributed by atoms with Crippen molar-refractivity contribution in [3.05, 3.63) is 60.2 Å². The van der Waals surface area contributed by atoms with Crippen LogP contribution in [0.25, 0.3) is 17.1 Å². The second kappa shape index (κ2) is 6.20. The van der Waals surface area contributed by atoms with Gasteiger partial charge in [-0.1, -0.05) is 75.0 Å². The Hall–Kier alpha value is -2.07. The molecule has 118 valence electrons. The van der Waals surface area contributed by atoms with Crippen LogP contribution in [0.2, 0.25) is 0 Å². The lowest BCUT2D eigenvalue weighted by atomic mass is 9.87. The summed E-state index contributed by atoms with van der Waals surface area (Å²) in [7, 11) is 0. The molecule has 0 saturated heterocycles. The van der Waals surface area contributed by atoms with E-state index < -0.39 is 0 Å². The molecule has 3 nitrogen and oxygen atoms in total. The van der Waals surface area contributed by atoms with Crippen LogP contribution in [-0.2, 0) is 5.41 Å². The molecular weight excluding hydrogens is 302 g/mol. The van der Waals surface area contributed by atoms with Crippen LogP contribution in [0.1, 0.15) is 26.3 Å². The fourth-order valence-electron chi connectivity index (χ4n) is 2.52. The Labute approximate surface area is 141 Å². The van der Waals surface area contributed by atoms with Crippen LogP contribution in [0.5, 0.6) is 0 Å². The molecular formula is C19H21N3S. The molecule has 0 atom stereocenters. The average molecular weight is 323 g/mol. The van der Waals surface area contributed by atoms with Crippen LogP contribution in [0, 0.1) is 0 Å². The van der Waals surface area contributed by atoms with Crippen molar-refractivity contribution in [2.45, 2.75) is 31.3 Å². The fraction of sp³-hybridized carbons (Fsp3) is 0.263. The maximum absolute atomic E-state index is 4.42. The summed E-state index contributed by atoms with van der Waals surface area (Å²) in [6, 6.07) is 18.9. The summed E-state index contributed by atoms with van der Waals surface area (Å²) >= 11 is 1.60. The topological polar surface area (TPSA) is 30.7 Å². The number of para-hydroxylation sites is 1. The Morgan fingerprint density at radius 2 is 1.52 bits per heavy atom. The zero-order chi connectivity index (χ0) is 16.4. The highest BCUT2D eigenvalue weighted by molar-refractivity contribution is 7.98. The molecule has 0 bridgehead atoms. The molecule has 0 radical (unpaired) electrons. The Balaban J connectivity index is 2.09. The lowest BCUT2D eigenvalue weighted by Crippen LogP contribution is -2.10. The van der Waals surface area contributed by atoms with E-state index in [1.165, 1.54) is 5.56 Å². The number of benzene rings is 2. The summed E-state index contributed by atoms with van der Waals surface area (Å²) in [6.07, 6.45) is 2.02. The summed E-state index contributed by atoms with van der Waals surface area (Å²) in [4.78, 5) is 0. The Morgan fingerprint density at radius 1 is 0.870 bits per heavy atom. The third-order valence-electron chi connectivity index (χ3n) is 3.84. The lowest BCUT2D eigenvalue weighted by Gasteiger charge is -2.19. The standard InChI is InChI=1S/C19H21N3S/c1-19(2,3)15-12-10-14(11-13-15)17-20-21-18(23-4)22(17)16-8-6-5-7-9-16/h5-13H,1-4H3. The van der Waals surface area contributed by atoms with Crippen molar-refractivity contribution in [3.8, 4) is 17.1 Å². The number of nitrogens with zero attached hydrogens (tertiary/aromatic N) is 3. The lowest BCUT2D eigenvalue weighted by molar-refractivity contribution is 0.590. The van der Waals surface area contributed by atoms with Gasteiger partial charge in [0.05, 0.1) is 0 Å². The van der Waals surface area contributed by atoms with Gasteiger partial charge in [-0.3, -0.25) is 4.57 Å². The molecule has 1 heterocycles. The number of hydrogen-bond donors (Lipinski definition) is 0. The van der Waals surface area contributed by atoms with Gasteiger partial charge >= 0.3 is 0 Å². The van der Waals surface area contributed by atoms with E-state index in [0.717, 1.165) is 22.2 Å². The van der Waals surface area contributed by atoms with E-state index in [0.29, 0.717) is 0 Å². The van der Waals surface area contributed by atoms with Gasteiger partial charge in [0, 0.05) is 11.3 Å². The summed E-state index contributed by atoms with van der Waals surface area (Å²) in [6.45, 7) is 6.67. The third kappa shape index (κ3) is 3.17. The minimum atomic E-state index is 0.149. The molecule has 3 aromatic rings. The van der Waals surface area contributed by atoms with Gasteiger partial charge in [-0.2, -0.15) is 0 Å². The second-order valence-electron chi connectivity index (χ2n) is 6.51. The molecule has 3 rings (SSSR count). The van der Waals surface area contributed by atoms with Crippen molar-refractivity contribution in [1.82, 2.24) is 14.8 Å². The van der Waals surface area contributed by atoms with Crippen LogP contribution in [0.4, 0.5) is 0 Å². The summed E-state index contributed by atoms with van der Waals surface area (Å²) in [5, 5.41) is 9.65. The van der Waals surface area contributed by atoms with Crippen LogP contribution in [0.15, 0.2) is 59.8 Å². The Bertz CT molecular complexity index is 784. The smallest absolute Gasteiger partial charge is 0.195 e. The van der Waals surface area contributed by atoms with Gasteiger partial charge < -0.3 is 0 Å². The molecule has 23 heavy (non-hydrogen) atoms. The molecule has 0 aliphatic heterocycles. The largest absolute Gasteiger partial charge is 0.270 e. The van der Waals surface area contributed by atoms with Crippen LogP contribution in [0.3, 0.4) is 0 Å². The van der Waals surface area contributed by atoms with E-state index in [1.54, 1.807) is 11.8 Å². The maximum atomic E-state index is 4.42. The van der Waals surface area contributed by atoms with Crippen molar-refractivity contribution in [2.24, 2.45) is 0 Å². The van der Waals surface area contributed by atoms with E-state index in [2.05, 4.69) is 71.9 Å². The Morgan fingerprint density at radius 3 is 2.09 bits per heavy atom. The van der Waals surface area contributed by atoms with Crippen molar-refractivity contribution in [3.63, 3.8) is 0 Å². The molecule has 4 heteroatoms. The van der Waals surface area contributed by atoms with Gasteiger partial charge in [0.1, 0.15) is 0 Å². The van der Waals surface area contributed by atoms with E-state index >= 15 is 0 Å². The van der Waals surface area contributed by atoms with Crippen LogP contribution >= 0.6 is 11.8 Å². The predicted molar refractivity (Wildman–Crippen MR) is 97.3 cm³/mol. The Kier molecular flexibility index (Phi) is 4.26. The zero-order valence-corrected chi connectivity index (χ0v) is 14.8. The molecule has 1 aromatic heterocycles. The zero-order valence-electron chi connectivity index (χ0n) is 13.9. The van der Waals surface area contributed by atoms with Crippen molar-refractivity contribution < 1.29 is 0 Å². The second-order valence-corrected chi connectivity index (χ2v) is 7.28. The van der Waals surface area contributed by atoms with E-state index in [9.17, 15) is 0 Å². The van der Waals surface area contributed by atoms with Gasteiger partial charge in [-0.15, -0.1) is 10.2 Å². The minimum Gasteiger partial charge on any atom is -0.270 e. The van der Waals surface area contributed by atoms with Gasteiger partial charge in [0.25, 0.3) is 0 Å². The molecule has 2 aromatic carbocycles. The number of thioether (sulfide) groups is 1. The third-order valence-corrected chi connectivity index (χ3v) is 4.47. The highest BCUT2D eigenvalue weighted by atomic mass is 32.2. The number of aromatic nitrogens is 3. The molecule has 0 unspecified atom stereocenters. The highest BCUT2D eigenvalue weighted by Gasteiger charge is 2.17. The van der Waals surface area contributed by atoms with Crippen molar-refractivity contribution in [2.75, 3.05) is 6.26 Å². The molecule has 0 spiro atoms. The summed E-state index contributed by atoms with van der Waals surface area (Å²) < 4.78 is 2.11. The molecule has 0 aliphatic carbocycles. The molecule has 0 N–H and O–H groups in total. The summed E-state index contributed by atoms with van der Waals surface area (Å²) in [5.41, 5.74) is 3.62. The molecule has 0 aliphatic rings. The number of rotatable bonds is 3. The number of hydrogen-bond acceptors (Lipinski definition) is 3. The first-order valence-corrected chi connectivity index (χ1v) is 8.89. The monoisotopic (exact) mass is 323 g/mol. The SMILES string of the molecule is CSc1nnc(-c2ccc(C(C)(C)C)cc2)n1-c1ccccc1. The van der Waals surface area contributed by atoms with E-state index in [-0.39, 0.29) is 5.41 Å². The van der Waals surface area contributed by atoms with E-state index in [1.807, 2.05) is 24.5 Å². The first kappa shape index (κ1) is 15.8. The van der Waals surface area contributed by atoms with Crippen molar-refractivity contribution in [1.29, 1.82) is 0 Å². The summed E-state index contributed by atoms with van der Waals surface area (Å²) in [5.74, 6) is 0.876. The van der Waals surface area contributed by atoms with E-state index in [4.69, 9.17) is 0 Å². The van der Waals surface area contributed by atoms with Gasteiger partial charge in [-0.25, -0.2) is 0 Å². The van der Waals surface area contributed by atoms with Gasteiger partial charge in [0.15, 0.2) is 11.0 Å². The molecule has 0 saturated carbocycles. The van der Waals surface area contributed by atoms with Crippen molar-refractivity contribution >= 4 is 11.8 Å². The highest BCUT2D eigenvalue weighted by Crippen LogP contribution is 2.29. The molecule has 0 amide bonds. The van der Waals surface area contributed by atoms with Crippen LogP contribution < -0.4 is 0 Å².